The maximum absolute atomic E-state index is 12.6. The van der Waals surface area contributed by atoms with Gasteiger partial charge < -0.3 is 10.1 Å². The molecule has 0 spiro atoms. The van der Waals surface area contributed by atoms with E-state index in [4.69, 9.17) is 4.74 Å². The quantitative estimate of drug-likeness (QED) is 0.755. The van der Waals surface area contributed by atoms with Crippen LogP contribution in [-0.4, -0.2) is 38.0 Å². The van der Waals surface area contributed by atoms with E-state index < -0.39 is 10.2 Å². The molecule has 1 N–H and O–H groups in total. The predicted molar refractivity (Wildman–Crippen MR) is 112 cm³/mol. The van der Waals surface area contributed by atoms with Crippen LogP contribution in [0.5, 0.6) is 5.75 Å². The first-order chi connectivity index (χ1) is 13.9. The number of nitrogens with zero attached hydrogens (tertiary/aromatic N) is 2. The van der Waals surface area contributed by atoms with Gasteiger partial charge >= 0.3 is 10.2 Å². The molecule has 0 aromatic heterocycles. The lowest BCUT2D eigenvalue weighted by atomic mass is 10.1. The first-order valence-electron chi connectivity index (χ1n) is 9.14. The van der Waals surface area contributed by atoms with E-state index in [1.807, 2.05) is 54.6 Å². The summed E-state index contributed by atoms with van der Waals surface area (Å²) < 4.78 is 34.7. The van der Waals surface area contributed by atoms with Crippen molar-refractivity contribution in [1.29, 1.82) is 0 Å². The van der Waals surface area contributed by atoms with Crippen LogP contribution in [0.15, 0.2) is 70.8 Å². The summed E-state index contributed by atoms with van der Waals surface area (Å²) in [5.74, 6) is 0.360. The van der Waals surface area contributed by atoms with Crippen LogP contribution in [0.4, 0.5) is 0 Å². The largest absolute Gasteiger partial charge is 0.497 e. The SMILES string of the molecule is COc1ccc(CNC(=O)C2=CN(CCc3ccccc3)S(=O)(=O)N=C2C)cc1. The fourth-order valence-corrected chi connectivity index (χ4v) is 4.00. The highest BCUT2D eigenvalue weighted by Crippen LogP contribution is 2.18. The van der Waals surface area contributed by atoms with Gasteiger partial charge in [-0.2, -0.15) is 8.42 Å². The van der Waals surface area contributed by atoms with E-state index in [-0.39, 0.29) is 23.7 Å². The molecule has 0 unspecified atom stereocenters. The zero-order chi connectivity index (χ0) is 20.9. The Morgan fingerprint density at radius 3 is 2.41 bits per heavy atom. The summed E-state index contributed by atoms with van der Waals surface area (Å²) in [5.41, 5.74) is 2.32. The summed E-state index contributed by atoms with van der Waals surface area (Å²) in [7, 11) is -2.24. The normalized spacial score (nSPS) is 15.3. The number of nitrogens with one attached hydrogen (secondary N) is 1. The average Bonchev–Trinajstić information content (AvgIpc) is 2.72. The summed E-state index contributed by atoms with van der Waals surface area (Å²) in [6, 6.07) is 16.9. The van der Waals surface area contributed by atoms with Crippen molar-refractivity contribution < 1.29 is 17.9 Å². The van der Waals surface area contributed by atoms with E-state index >= 15 is 0 Å². The molecule has 152 valence electrons. The number of hydrogen-bond donors (Lipinski definition) is 1. The predicted octanol–water partition coefficient (Wildman–Crippen LogP) is 2.46. The second kappa shape index (κ2) is 8.91. The number of carbonyl (C=O) groups excluding carboxylic acids is 1. The number of rotatable bonds is 7. The summed E-state index contributed by atoms with van der Waals surface area (Å²) >= 11 is 0. The van der Waals surface area contributed by atoms with Gasteiger partial charge in [-0.3, -0.25) is 9.10 Å². The Balaban J connectivity index is 1.69. The molecular weight excluding hydrogens is 390 g/mol. The number of hydrogen-bond acceptors (Lipinski definition) is 4. The van der Waals surface area contributed by atoms with Gasteiger partial charge in [-0.1, -0.05) is 42.5 Å². The first-order valence-corrected chi connectivity index (χ1v) is 10.5. The molecule has 2 aromatic carbocycles. The lowest BCUT2D eigenvalue weighted by Crippen LogP contribution is -2.36. The van der Waals surface area contributed by atoms with Gasteiger partial charge in [-0.05, 0) is 36.6 Å². The number of amides is 1. The van der Waals surface area contributed by atoms with E-state index in [2.05, 4.69) is 9.71 Å². The van der Waals surface area contributed by atoms with Crippen molar-refractivity contribution in [3.8, 4) is 5.75 Å². The third-order valence-electron chi connectivity index (χ3n) is 4.53. The van der Waals surface area contributed by atoms with E-state index in [9.17, 15) is 13.2 Å². The summed E-state index contributed by atoms with van der Waals surface area (Å²) in [5, 5.41) is 2.81. The Bertz CT molecular complexity index is 1030. The lowest BCUT2D eigenvalue weighted by Gasteiger charge is -2.23. The molecule has 1 amide bonds. The van der Waals surface area contributed by atoms with Crippen molar-refractivity contribution in [2.24, 2.45) is 4.40 Å². The first kappa shape index (κ1) is 20.6. The van der Waals surface area contributed by atoms with E-state index in [1.165, 1.54) is 13.1 Å². The smallest absolute Gasteiger partial charge is 0.344 e. The molecular formula is C21H23N3O4S. The van der Waals surface area contributed by atoms with Crippen molar-refractivity contribution >= 4 is 21.8 Å². The number of carbonyl (C=O) groups is 1. The van der Waals surface area contributed by atoms with Crippen molar-refractivity contribution in [3.05, 3.63) is 77.5 Å². The van der Waals surface area contributed by atoms with Gasteiger partial charge in [0.25, 0.3) is 5.91 Å². The molecule has 1 aliphatic heterocycles. The van der Waals surface area contributed by atoms with Crippen molar-refractivity contribution in [1.82, 2.24) is 9.62 Å². The molecule has 1 aliphatic rings. The van der Waals surface area contributed by atoms with Gasteiger partial charge in [-0.15, -0.1) is 4.40 Å². The van der Waals surface area contributed by atoms with Gasteiger partial charge in [0, 0.05) is 19.3 Å². The molecule has 0 atom stereocenters. The number of methoxy groups -OCH3 is 1. The molecule has 0 bridgehead atoms. The maximum atomic E-state index is 12.6. The average molecular weight is 413 g/mol. The van der Waals surface area contributed by atoms with Crippen molar-refractivity contribution in [2.75, 3.05) is 13.7 Å². The number of benzene rings is 2. The molecule has 8 heteroatoms. The monoisotopic (exact) mass is 413 g/mol. The van der Waals surface area contributed by atoms with Gasteiger partial charge in [0.15, 0.2) is 0 Å². The highest BCUT2D eigenvalue weighted by Gasteiger charge is 2.27. The Morgan fingerprint density at radius 1 is 1.07 bits per heavy atom. The van der Waals surface area contributed by atoms with Crippen LogP contribution >= 0.6 is 0 Å². The van der Waals surface area contributed by atoms with Crippen LogP contribution < -0.4 is 10.1 Å². The second-order valence-electron chi connectivity index (χ2n) is 6.57. The topological polar surface area (TPSA) is 88.1 Å². The molecule has 1 heterocycles. The molecule has 0 saturated carbocycles. The second-order valence-corrected chi connectivity index (χ2v) is 8.12. The maximum Gasteiger partial charge on any atom is 0.344 e. The Kier molecular flexibility index (Phi) is 6.33. The Hall–Kier alpha value is -3.13. The van der Waals surface area contributed by atoms with Crippen LogP contribution in [0.1, 0.15) is 18.1 Å². The molecule has 0 radical (unpaired) electrons. The van der Waals surface area contributed by atoms with Gasteiger partial charge in [0.2, 0.25) is 0 Å². The summed E-state index contributed by atoms with van der Waals surface area (Å²) in [4.78, 5) is 12.6. The summed E-state index contributed by atoms with van der Waals surface area (Å²) in [6.07, 6.45) is 1.88. The third-order valence-corrected chi connectivity index (χ3v) is 5.92. The molecule has 29 heavy (non-hydrogen) atoms. The highest BCUT2D eigenvalue weighted by molar-refractivity contribution is 7.88. The van der Waals surface area contributed by atoms with Crippen LogP contribution in [0, 0.1) is 0 Å². The minimum Gasteiger partial charge on any atom is -0.497 e. The Labute approximate surface area is 170 Å². The zero-order valence-electron chi connectivity index (χ0n) is 16.3. The zero-order valence-corrected chi connectivity index (χ0v) is 17.1. The fourth-order valence-electron chi connectivity index (χ4n) is 2.89. The lowest BCUT2D eigenvalue weighted by molar-refractivity contribution is -0.117. The van der Waals surface area contributed by atoms with Crippen LogP contribution in [0.25, 0.3) is 0 Å². The number of ether oxygens (including phenoxy) is 1. The van der Waals surface area contributed by atoms with Gasteiger partial charge in [0.05, 0.1) is 18.4 Å². The molecule has 0 aliphatic carbocycles. The summed E-state index contributed by atoms with van der Waals surface area (Å²) in [6.45, 7) is 2.04. The van der Waals surface area contributed by atoms with Crippen LogP contribution in [0.2, 0.25) is 0 Å². The third kappa shape index (κ3) is 5.23. The molecule has 7 nitrogen and oxygen atoms in total. The standard InChI is InChI=1S/C21H23N3O4S/c1-16-20(21(25)22-14-18-8-10-19(28-2)11-9-18)15-24(29(26,27)23-16)13-12-17-6-4-3-5-7-17/h3-11,15H,12-14H2,1-2H3,(H,22,25). The molecule has 0 fully saturated rings. The van der Waals surface area contributed by atoms with Crippen molar-refractivity contribution in [3.63, 3.8) is 0 Å². The Morgan fingerprint density at radius 2 is 1.76 bits per heavy atom. The highest BCUT2D eigenvalue weighted by atomic mass is 32.2. The van der Waals surface area contributed by atoms with Gasteiger partial charge in [0.1, 0.15) is 5.75 Å². The van der Waals surface area contributed by atoms with Gasteiger partial charge in [-0.25, -0.2) is 0 Å². The molecule has 2 aromatic rings. The molecule has 0 saturated heterocycles. The van der Waals surface area contributed by atoms with E-state index in [0.717, 1.165) is 21.2 Å². The van der Waals surface area contributed by atoms with E-state index in [0.29, 0.717) is 13.0 Å². The molecule has 3 rings (SSSR count). The minimum atomic E-state index is -3.83. The van der Waals surface area contributed by atoms with Crippen LogP contribution in [0.3, 0.4) is 0 Å². The van der Waals surface area contributed by atoms with E-state index in [1.54, 1.807) is 7.11 Å². The fraction of sp³-hybridized carbons (Fsp3) is 0.238. The van der Waals surface area contributed by atoms with Crippen LogP contribution in [-0.2, 0) is 28.0 Å². The minimum absolute atomic E-state index is 0.174. The van der Waals surface area contributed by atoms with Crippen molar-refractivity contribution in [2.45, 2.75) is 19.9 Å².